The average Bonchev–Trinajstić information content (AvgIpc) is 2.72. The lowest BCUT2D eigenvalue weighted by Gasteiger charge is -2.05. The molecule has 0 atom stereocenters. The number of halogens is 1. The van der Waals surface area contributed by atoms with Crippen molar-refractivity contribution in [3.63, 3.8) is 0 Å². The van der Waals surface area contributed by atoms with Crippen molar-refractivity contribution in [2.45, 2.75) is 26.8 Å². The molecule has 0 amide bonds. The average molecular weight is 272 g/mol. The molecule has 0 bridgehead atoms. The van der Waals surface area contributed by atoms with E-state index >= 15 is 0 Å². The van der Waals surface area contributed by atoms with Crippen molar-refractivity contribution in [3.8, 4) is 11.8 Å². The molecule has 0 aliphatic rings. The Kier molecular flexibility index (Phi) is 4.54. The standard InChI is InChI=1S/C16H17FN2O/c1-12-9-13(2)19(18-12)11-14-6-7-16(17)15(10-14)5-3-4-8-20/h6-7,9-10,20H,4,8,11H2,1-2H3. The molecule has 0 fully saturated rings. The van der Waals surface area contributed by atoms with Gasteiger partial charge in [0.1, 0.15) is 5.82 Å². The summed E-state index contributed by atoms with van der Waals surface area (Å²) < 4.78 is 15.5. The number of hydrogen-bond donors (Lipinski definition) is 1. The fourth-order valence-electron chi connectivity index (χ4n) is 1.99. The van der Waals surface area contributed by atoms with Crippen LogP contribution in [0.4, 0.5) is 4.39 Å². The summed E-state index contributed by atoms with van der Waals surface area (Å²) >= 11 is 0. The van der Waals surface area contributed by atoms with Crippen molar-refractivity contribution in [3.05, 3.63) is 52.6 Å². The summed E-state index contributed by atoms with van der Waals surface area (Å²) in [5.74, 6) is 5.14. The van der Waals surface area contributed by atoms with Crippen LogP contribution >= 0.6 is 0 Å². The van der Waals surface area contributed by atoms with Gasteiger partial charge in [-0.25, -0.2) is 4.39 Å². The van der Waals surface area contributed by atoms with Crippen LogP contribution in [0.5, 0.6) is 0 Å². The third kappa shape index (κ3) is 3.46. The molecule has 4 heteroatoms. The minimum Gasteiger partial charge on any atom is -0.395 e. The lowest BCUT2D eigenvalue weighted by molar-refractivity contribution is 0.305. The highest BCUT2D eigenvalue weighted by molar-refractivity contribution is 5.38. The van der Waals surface area contributed by atoms with Crippen molar-refractivity contribution in [2.75, 3.05) is 6.61 Å². The summed E-state index contributed by atoms with van der Waals surface area (Å²) in [4.78, 5) is 0. The maximum atomic E-state index is 13.6. The molecule has 0 spiro atoms. The predicted molar refractivity (Wildman–Crippen MR) is 75.8 cm³/mol. The molecule has 0 saturated heterocycles. The van der Waals surface area contributed by atoms with E-state index in [9.17, 15) is 4.39 Å². The Labute approximate surface area is 118 Å². The molecule has 0 aliphatic carbocycles. The predicted octanol–water partition coefficient (Wildman–Crippen LogP) is 2.42. The van der Waals surface area contributed by atoms with Gasteiger partial charge < -0.3 is 5.11 Å². The second-order valence-corrected chi connectivity index (χ2v) is 4.67. The van der Waals surface area contributed by atoms with Crippen LogP contribution in [0.3, 0.4) is 0 Å². The first-order valence-electron chi connectivity index (χ1n) is 6.49. The van der Waals surface area contributed by atoms with Crippen LogP contribution in [-0.4, -0.2) is 21.5 Å². The number of rotatable bonds is 3. The third-order valence-electron chi connectivity index (χ3n) is 2.93. The highest BCUT2D eigenvalue weighted by atomic mass is 19.1. The highest BCUT2D eigenvalue weighted by Gasteiger charge is 2.05. The largest absolute Gasteiger partial charge is 0.395 e. The summed E-state index contributed by atoms with van der Waals surface area (Å²) in [6.45, 7) is 4.51. The molecule has 0 unspecified atom stereocenters. The maximum absolute atomic E-state index is 13.6. The van der Waals surface area contributed by atoms with E-state index in [0.29, 0.717) is 18.5 Å². The van der Waals surface area contributed by atoms with Crippen LogP contribution in [-0.2, 0) is 6.54 Å². The van der Waals surface area contributed by atoms with Gasteiger partial charge in [0.15, 0.2) is 0 Å². The number of aliphatic hydroxyl groups is 1. The molecule has 0 saturated carbocycles. The van der Waals surface area contributed by atoms with Crippen LogP contribution in [0.1, 0.15) is 28.9 Å². The van der Waals surface area contributed by atoms with E-state index < -0.39 is 0 Å². The molecule has 3 nitrogen and oxygen atoms in total. The van der Waals surface area contributed by atoms with Gasteiger partial charge >= 0.3 is 0 Å². The van der Waals surface area contributed by atoms with Gasteiger partial charge in [-0.05, 0) is 37.6 Å². The van der Waals surface area contributed by atoms with Gasteiger partial charge in [0.25, 0.3) is 0 Å². The van der Waals surface area contributed by atoms with E-state index in [1.807, 2.05) is 24.6 Å². The Morgan fingerprint density at radius 1 is 1.30 bits per heavy atom. The van der Waals surface area contributed by atoms with Crippen molar-refractivity contribution in [1.82, 2.24) is 9.78 Å². The van der Waals surface area contributed by atoms with E-state index in [1.165, 1.54) is 6.07 Å². The van der Waals surface area contributed by atoms with Crippen LogP contribution in [0.2, 0.25) is 0 Å². The number of benzene rings is 1. The molecular weight excluding hydrogens is 255 g/mol. The van der Waals surface area contributed by atoms with Gasteiger partial charge in [0, 0.05) is 12.1 Å². The Hall–Kier alpha value is -2.12. The topological polar surface area (TPSA) is 38.0 Å². The van der Waals surface area contributed by atoms with Gasteiger partial charge in [0.05, 0.1) is 24.4 Å². The molecule has 104 valence electrons. The molecule has 2 aromatic rings. The zero-order chi connectivity index (χ0) is 14.5. The minimum atomic E-state index is -0.340. The van der Waals surface area contributed by atoms with E-state index in [-0.39, 0.29) is 12.4 Å². The first-order valence-corrected chi connectivity index (χ1v) is 6.49. The van der Waals surface area contributed by atoms with Crippen LogP contribution in [0.25, 0.3) is 0 Å². The van der Waals surface area contributed by atoms with Crippen LogP contribution < -0.4 is 0 Å². The maximum Gasteiger partial charge on any atom is 0.138 e. The van der Waals surface area contributed by atoms with E-state index in [1.54, 1.807) is 12.1 Å². The monoisotopic (exact) mass is 272 g/mol. The lowest BCUT2D eigenvalue weighted by atomic mass is 10.1. The Morgan fingerprint density at radius 3 is 2.75 bits per heavy atom. The van der Waals surface area contributed by atoms with Crippen LogP contribution in [0.15, 0.2) is 24.3 Å². The molecular formula is C16H17FN2O. The second-order valence-electron chi connectivity index (χ2n) is 4.67. The first kappa shape index (κ1) is 14.3. The fourth-order valence-corrected chi connectivity index (χ4v) is 1.99. The number of hydrogen-bond acceptors (Lipinski definition) is 2. The second kappa shape index (κ2) is 6.36. The highest BCUT2D eigenvalue weighted by Crippen LogP contribution is 2.12. The number of nitrogens with zero attached hydrogens (tertiary/aromatic N) is 2. The van der Waals surface area contributed by atoms with Gasteiger partial charge in [0.2, 0.25) is 0 Å². The van der Waals surface area contributed by atoms with Crippen molar-refractivity contribution < 1.29 is 9.50 Å². The SMILES string of the molecule is Cc1cc(C)n(Cc2ccc(F)c(C#CCCO)c2)n1. The Balaban J connectivity index is 2.23. The number of aryl methyl sites for hydroxylation is 2. The van der Waals surface area contributed by atoms with Crippen LogP contribution in [0, 0.1) is 31.5 Å². The van der Waals surface area contributed by atoms with Gasteiger partial charge in [-0.2, -0.15) is 5.10 Å². The van der Waals surface area contributed by atoms with Crippen molar-refractivity contribution in [2.24, 2.45) is 0 Å². The zero-order valence-electron chi connectivity index (χ0n) is 11.7. The molecule has 1 N–H and O–H groups in total. The molecule has 1 aromatic carbocycles. The Morgan fingerprint density at radius 2 is 2.10 bits per heavy atom. The lowest BCUT2D eigenvalue weighted by Crippen LogP contribution is -2.04. The minimum absolute atomic E-state index is 0.0138. The summed E-state index contributed by atoms with van der Waals surface area (Å²) in [5.41, 5.74) is 3.34. The number of aliphatic hydroxyl groups excluding tert-OH is 1. The summed E-state index contributed by atoms with van der Waals surface area (Å²) in [6.07, 6.45) is 0.348. The number of aromatic nitrogens is 2. The molecule has 0 aliphatic heterocycles. The molecule has 1 heterocycles. The smallest absolute Gasteiger partial charge is 0.138 e. The van der Waals surface area contributed by atoms with E-state index in [4.69, 9.17) is 5.11 Å². The summed E-state index contributed by atoms with van der Waals surface area (Å²) in [7, 11) is 0. The third-order valence-corrected chi connectivity index (χ3v) is 2.93. The Bertz CT molecular complexity index is 665. The van der Waals surface area contributed by atoms with Crippen molar-refractivity contribution in [1.29, 1.82) is 0 Å². The van der Waals surface area contributed by atoms with Gasteiger partial charge in [-0.1, -0.05) is 17.9 Å². The fraction of sp³-hybridized carbons (Fsp3) is 0.312. The van der Waals surface area contributed by atoms with E-state index in [2.05, 4.69) is 16.9 Å². The van der Waals surface area contributed by atoms with E-state index in [0.717, 1.165) is 17.0 Å². The first-order chi connectivity index (χ1) is 9.60. The van der Waals surface area contributed by atoms with Gasteiger partial charge in [-0.3, -0.25) is 4.68 Å². The van der Waals surface area contributed by atoms with Gasteiger partial charge in [-0.15, -0.1) is 0 Å². The molecule has 20 heavy (non-hydrogen) atoms. The zero-order valence-corrected chi connectivity index (χ0v) is 11.7. The quantitative estimate of drug-likeness (QED) is 0.871. The van der Waals surface area contributed by atoms with Crippen molar-refractivity contribution >= 4 is 0 Å². The molecule has 0 radical (unpaired) electrons. The molecule has 1 aromatic heterocycles. The normalized spacial score (nSPS) is 10.2. The summed E-state index contributed by atoms with van der Waals surface area (Å²) in [5, 5.41) is 13.1. The molecule has 2 rings (SSSR count). The summed E-state index contributed by atoms with van der Waals surface area (Å²) in [6, 6.07) is 6.90.